The van der Waals surface area contributed by atoms with Crippen LogP contribution < -0.4 is 5.73 Å². The zero-order chi connectivity index (χ0) is 15.6. The monoisotopic (exact) mass is 313 g/mol. The van der Waals surface area contributed by atoms with Gasteiger partial charge in [0, 0.05) is 11.1 Å². The Morgan fingerprint density at radius 2 is 1.71 bits per heavy atom. The van der Waals surface area contributed by atoms with Gasteiger partial charge in [-0.25, -0.2) is 0 Å². The zero-order valence-corrected chi connectivity index (χ0v) is 12.2. The number of rotatable bonds is 3. The molecule has 0 fully saturated rings. The van der Waals surface area contributed by atoms with Crippen LogP contribution in [-0.4, -0.2) is 0 Å². The highest BCUT2D eigenvalue weighted by molar-refractivity contribution is 6.31. The molecular formula is C16H15ClF3N. The first-order chi connectivity index (χ1) is 9.79. The van der Waals surface area contributed by atoms with Crippen molar-refractivity contribution in [3.8, 4) is 0 Å². The minimum Gasteiger partial charge on any atom is -0.324 e. The molecule has 2 rings (SSSR count). The molecule has 0 amide bonds. The normalized spacial score (nSPS) is 13.2. The van der Waals surface area contributed by atoms with Crippen molar-refractivity contribution in [2.24, 2.45) is 5.73 Å². The van der Waals surface area contributed by atoms with Gasteiger partial charge in [0.1, 0.15) is 0 Å². The van der Waals surface area contributed by atoms with Gasteiger partial charge in [0.25, 0.3) is 0 Å². The molecule has 1 atom stereocenters. The molecule has 0 saturated carbocycles. The van der Waals surface area contributed by atoms with Gasteiger partial charge in [-0.3, -0.25) is 0 Å². The van der Waals surface area contributed by atoms with Crippen molar-refractivity contribution in [1.29, 1.82) is 0 Å². The highest BCUT2D eigenvalue weighted by Gasteiger charge is 2.29. The second-order valence-electron chi connectivity index (χ2n) is 4.96. The van der Waals surface area contributed by atoms with Crippen LogP contribution in [0.5, 0.6) is 0 Å². The Morgan fingerprint density at radius 1 is 1.10 bits per heavy atom. The Hall–Kier alpha value is -1.52. The number of hydrogen-bond acceptors (Lipinski definition) is 1. The van der Waals surface area contributed by atoms with E-state index in [1.807, 2.05) is 19.1 Å². The molecule has 5 heteroatoms. The maximum atomic E-state index is 12.5. The van der Waals surface area contributed by atoms with E-state index in [2.05, 4.69) is 0 Å². The van der Waals surface area contributed by atoms with Crippen molar-refractivity contribution in [2.75, 3.05) is 0 Å². The van der Waals surface area contributed by atoms with Gasteiger partial charge in [-0.2, -0.15) is 13.2 Å². The first kappa shape index (κ1) is 15.9. The van der Waals surface area contributed by atoms with E-state index in [9.17, 15) is 13.2 Å². The number of alkyl halides is 3. The smallest absolute Gasteiger partial charge is 0.324 e. The molecule has 1 nitrogen and oxygen atoms in total. The number of benzene rings is 2. The SMILES string of the molecule is Cc1c(Cl)cccc1C(N)Cc1ccc(C(F)(F)F)cc1. The lowest BCUT2D eigenvalue weighted by molar-refractivity contribution is -0.137. The van der Waals surface area contributed by atoms with E-state index in [1.165, 1.54) is 12.1 Å². The molecular weight excluding hydrogens is 299 g/mol. The molecule has 21 heavy (non-hydrogen) atoms. The summed E-state index contributed by atoms with van der Waals surface area (Å²) in [4.78, 5) is 0. The highest BCUT2D eigenvalue weighted by atomic mass is 35.5. The summed E-state index contributed by atoms with van der Waals surface area (Å²) in [6.07, 6.45) is -3.86. The van der Waals surface area contributed by atoms with Gasteiger partial charge in [0.2, 0.25) is 0 Å². The fraction of sp³-hybridized carbons (Fsp3) is 0.250. The maximum Gasteiger partial charge on any atom is 0.416 e. The van der Waals surface area contributed by atoms with Crippen LogP contribution in [0.15, 0.2) is 42.5 Å². The Balaban J connectivity index is 2.16. The van der Waals surface area contributed by atoms with Gasteiger partial charge in [0.05, 0.1) is 5.56 Å². The second kappa shape index (κ2) is 6.08. The summed E-state index contributed by atoms with van der Waals surface area (Å²) in [7, 11) is 0. The van der Waals surface area contributed by atoms with Gasteiger partial charge in [-0.15, -0.1) is 0 Å². The van der Waals surface area contributed by atoms with Crippen LogP contribution in [0.3, 0.4) is 0 Å². The largest absolute Gasteiger partial charge is 0.416 e. The van der Waals surface area contributed by atoms with Crippen LogP contribution in [-0.2, 0) is 12.6 Å². The van der Waals surface area contributed by atoms with E-state index in [0.29, 0.717) is 11.4 Å². The quantitative estimate of drug-likeness (QED) is 0.856. The van der Waals surface area contributed by atoms with E-state index >= 15 is 0 Å². The zero-order valence-electron chi connectivity index (χ0n) is 11.4. The molecule has 1 unspecified atom stereocenters. The first-order valence-electron chi connectivity index (χ1n) is 6.46. The van der Waals surface area contributed by atoms with E-state index in [-0.39, 0.29) is 6.04 Å². The summed E-state index contributed by atoms with van der Waals surface area (Å²) in [6.45, 7) is 1.88. The van der Waals surface area contributed by atoms with Gasteiger partial charge in [0.15, 0.2) is 0 Å². The Kier molecular flexibility index (Phi) is 4.59. The van der Waals surface area contributed by atoms with Gasteiger partial charge in [-0.1, -0.05) is 35.9 Å². The number of nitrogens with two attached hydrogens (primary N) is 1. The fourth-order valence-corrected chi connectivity index (χ4v) is 2.40. The van der Waals surface area contributed by atoms with Gasteiger partial charge < -0.3 is 5.73 Å². The van der Waals surface area contributed by atoms with Gasteiger partial charge >= 0.3 is 6.18 Å². The van der Waals surface area contributed by atoms with Crippen molar-refractivity contribution in [2.45, 2.75) is 25.6 Å². The predicted octanol–water partition coefficient (Wildman–Crippen LogP) is 4.91. The number of halogens is 4. The number of hydrogen-bond donors (Lipinski definition) is 1. The maximum absolute atomic E-state index is 12.5. The lowest BCUT2D eigenvalue weighted by atomic mass is 9.95. The lowest BCUT2D eigenvalue weighted by Gasteiger charge is -2.16. The molecule has 0 bridgehead atoms. The molecule has 0 aliphatic rings. The summed E-state index contributed by atoms with van der Waals surface area (Å²) >= 11 is 6.05. The molecule has 0 aliphatic heterocycles. The highest BCUT2D eigenvalue weighted by Crippen LogP contribution is 2.30. The molecule has 2 aromatic rings. The average Bonchev–Trinajstić information content (AvgIpc) is 2.41. The standard InChI is InChI=1S/C16H15ClF3N/c1-10-13(3-2-4-14(10)17)15(21)9-11-5-7-12(8-6-11)16(18,19)20/h2-8,15H,9,21H2,1H3. The van der Waals surface area contributed by atoms with Crippen LogP contribution in [0.2, 0.25) is 5.02 Å². The van der Waals surface area contributed by atoms with Crippen molar-refractivity contribution in [1.82, 2.24) is 0 Å². The van der Waals surface area contributed by atoms with E-state index in [0.717, 1.165) is 28.8 Å². The Morgan fingerprint density at radius 3 is 2.29 bits per heavy atom. The molecule has 0 radical (unpaired) electrons. The summed E-state index contributed by atoms with van der Waals surface area (Å²) in [6, 6.07) is 10.3. The molecule has 112 valence electrons. The lowest BCUT2D eigenvalue weighted by Crippen LogP contribution is -2.15. The Bertz CT molecular complexity index is 620. The van der Waals surface area contributed by atoms with Crippen LogP contribution >= 0.6 is 11.6 Å². The van der Waals surface area contributed by atoms with E-state index < -0.39 is 11.7 Å². The molecule has 2 aromatic carbocycles. The predicted molar refractivity (Wildman–Crippen MR) is 78.3 cm³/mol. The average molecular weight is 314 g/mol. The molecule has 2 N–H and O–H groups in total. The summed E-state index contributed by atoms with van der Waals surface area (Å²) in [5, 5.41) is 0.635. The molecule has 0 aromatic heterocycles. The van der Waals surface area contributed by atoms with E-state index in [1.54, 1.807) is 6.07 Å². The summed E-state index contributed by atoms with van der Waals surface area (Å²) in [5.74, 6) is 0. The Labute approximate surface area is 126 Å². The van der Waals surface area contributed by atoms with Crippen molar-refractivity contribution >= 4 is 11.6 Å². The van der Waals surface area contributed by atoms with Crippen LogP contribution in [0.4, 0.5) is 13.2 Å². The topological polar surface area (TPSA) is 26.0 Å². The van der Waals surface area contributed by atoms with Crippen molar-refractivity contribution < 1.29 is 13.2 Å². The third-order valence-electron chi connectivity index (χ3n) is 3.45. The van der Waals surface area contributed by atoms with Crippen molar-refractivity contribution in [3.05, 3.63) is 69.7 Å². The molecule has 0 spiro atoms. The minimum atomic E-state index is -4.32. The first-order valence-corrected chi connectivity index (χ1v) is 6.83. The fourth-order valence-electron chi connectivity index (χ4n) is 2.22. The molecule has 0 heterocycles. The van der Waals surface area contributed by atoms with Crippen LogP contribution in [0.1, 0.15) is 28.3 Å². The van der Waals surface area contributed by atoms with Crippen molar-refractivity contribution in [3.63, 3.8) is 0 Å². The summed E-state index contributed by atoms with van der Waals surface area (Å²) in [5.41, 5.74) is 8.05. The van der Waals surface area contributed by atoms with Gasteiger partial charge in [-0.05, 0) is 48.2 Å². The third-order valence-corrected chi connectivity index (χ3v) is 3.86. The van der Waals surface area contributed by atoms with E-state index in [4.69, 9.17) is 17.3 Å². The minimum absolute atomic E-state index is 0.305. The second-order valence-corrected chi connectivity index (χ2v) is 5.37. The van der Waals surface area contributed by atoms with Crippen LogP contribution in [0, 0.1) is 6.92 Å². The third kappa shape index (κ3) is 3.77. The molecule has 0 aliphatic carbocycles. The van der Waals surface area contributed by atoms with Crippen LogP contribution in [0.25, 0.3) is 0 Å². The summed E-state index contributed by atoms with van der Waals surface area (Å²) < 4.78 is 37.5. The molecule has 0 saturated heterocycles.